The first-order chi connectivity index (χ1) is 9.37. The lowest BCUT2D eigenvalue weighted by atomic mass is 10.1. The molecule has 0 aliphatic carbocycles. The van der Waals surface area contributed by atoms with Gasteiger partial charge in [-0.15, -0.1) is 23.5 Å². The highest BCUT2D eigenvalue weighted by Crippen LogP contribution is 2.46. The van der Waals surface area contributed by atoms with Crippen LogP contribution < -0.4 is 4.74 Å². The van der Waals surface area contributed by atoms with E-state index in [0.717, 1.165) is 5.56 Å². The molecule has 0 aliphatic heterocycles. The summed E-state index contributed by atoms with van der Waals surface area (Å²) in [4.78, 5) is 21.5. The maximum Gasteiger partial charge on any atom is 0.313 e. The first-order valence-corrected chi connectivity index (χ1v) is 7.70. The minimum absolute atomic E-state index is 0.0881. The van der Waals surface area contributed by atoms with Gasteiger partial charge in [0, 0.05) is 0 Å². The van der Waals surface area contributed by atoms with Gasteiger partial charge in [-0.3, -0.25) is 9.59 Å². The third-order valence-corrected chi connectivity index (χ3v) is 5.62. The van der Waals surface area contributed by atoms with E-state index >= 15 is 0 Å². The average molecular weight is 316 g/mol. The first kappa shape index (κ1) is 16.7. The Morgan fingerprint density at radius 1 is 1.10 bits per heavy atom. The van der Waals surface area contributed by atoms with E-state index in [4.69, 9.17) is 14.9 Å². The number of methoxy groups -OCH3 is 1. The topological polar surface area (TPSA) is 83.8 Å². The van der Waals surface area contributed by atoms with Crippen LogP contribution in [0, 0.1) is 0 Å². The Morgan fingerprint density at radius 2 is 1.55 bits per heavy atom. The van der Waals surface area contributed by atoms with Crippen molar-refractivity contribution in [2.45, 2.75) is 11.0 Å². The van der Waals surface area contributed by atoms with Crippen molar-refractivity contribution >= 4 is 35.5 Å². The van der Waals surface area contributed by atoms with Gasteiger partial charge in [-0.1, -0.05) is 12.1 Å². The van der Waals surface area contributed by atoms with Crippen LogP contribution >= 0.6 is 23.5 Å². The van der Waals surface area contributed by atoms with Crippen LogP contribution in [0.1, 0.15) is 12.5 Å². The molecule has 0 saturated carbocycles. The van der Waals surface area contributed by atoms with Crippen LogP contribution in [0.2, 0.25) is 0 Å². The van der Waals surface area contributed by atoms with Crippen molar-refractivity contribution in [2.24, 2.45) is 0 Å². The van der Waals surface area contributed by atoms with Gasteiger partial charge in [0.25, 0.3) is 0 Å². The summed E-state index contributed by atoms with van der Waals surface area (Å²) in [6.45, 7) is 1.83. The zero-order valence-corrected chi connectivity index (χ0v) is 12.8. The van der Waals surface area contributed by atoms with E-state index in [1.807, 2.05) is 19.1 Å². The molecule has 5 nitrogen and oxygen atoms in total. The SMILES string of the molecule is COc1ccc(C(C)(SCC(=O)O)SCC(=O)O)cc1. The van der Waals surface area contributed by atoms with Crippen LogP contribution in [0.5, 0.6) is 5.75 Å². The second-order valence-electron chi connectivity index (χ2n) is 4.04. The highest BCUT2D eigenvalue weighted by molar-refractivity contribution is 8.18. The Labute approximate surface area is 125 Å². The van der Waals surface area contributed by atoms with Crippen LogP contribution in [0.4, 0.5) is 0 Å². The molecule has 0 aromatic heterocycles. The molecule has 1 aromatic carbocycles. The maximum absolute atomic E-state index is 10.7. The Kier molecular flexibility index (Phi) is 6.22. The summed E-state index contributed by atoms with van der Waals surface area (Å²) < 4.78 is 4.44. The molecule has 0 saturated heterocycles. The number of rotatable bonds is 8. The van der Waals surface area contributed by atoms with Crippen molar-refractivity contribution in [2.75, 3.05) is 18.6 Å². The molecule has 0 radical (unpaired) electrons. The first-order valence-electron chi connectivity index (χ1n) is 5.73. The van der Waals surface area contributed by atoms with Crippen molar-refractivity contribution in [3.63, 3.8) is 0 Å². The minimum Gasteiger partial charge on any atom is -0.497 e. The molecule has 0 fully saturated rings. The quantitative estimate of drug-likeness (QED) is 0.713. The van der Waals surface area contributed by atoms with Crippen molar-refractivity contribution in [1.29, 1.82) is 0 Å². The molecular weight excluding hydrogens is 300 g/mol. The van der Waals surface area contributed by atoms with Crippen molar-refractivity contribution < 1.29 is 24.5 Å². The lowest BCUT2D eigenvalue weighted by Gasteiger charge is -2.28. The zero-order valence-electron chi connectivity index (χ0n) is 11.2. The van der Waals surface area contributed by atoms with Crippen LogP contribution in [0.25, 0.3) is 0 Å². The highest BCUT2D eigenvalue weighted by Gasteiger charge is 2.29. The van der Waals surface area contributed by atoms with Gasteiger partial charge >= 0.3 is 11.9 Å². The fourth-order valence-electron chi connectivity index (χ4n) is 1.50. The lowest BCUT2D eigenvalue weighted by molar-refractivity contribution is -0.134. The number of hydrogen-bond acceptors (Lipinski definition) is 5. The molecule has 0 atom stereocenters. The van der Waals surface area contributed by atoms with Crippen molar-refractivity contribution in [1.82, 2.24) is 0 Å². The fraction of sp³-hybridized carbons (Fsp3) is 0.385. The van der Waals surface area contributed by atoms with Crippen LogP contribution in [-0.4, -0.2) is 40.8 Å². The van der Waals surface area contributed by atoms with Crippen LogP contribution in [0.3, 0.4) is 0 Å². The second kappa shape index (κ2) is 7.44. The predicted octanol–water partition coefficient (Wildman–Crippen LogP) is 2.50. The van der Waals surface area contributed by atoms with Gasteiger partial charge in [-0.25, -0.2) is 0 Å². The highest BCUT2D eigenvalue weighted by atomic mass is 32.2. The van der Waals surface area contributed by atoms with E-state index in [-0.39, 0.29) is 11.5 Å². The molecule has 0 bridgehead atoms. The number of aliphatic carboxylic acids is 2. The molecule has 110 valence electrons. The second-order valence-corrected chi connectivity index (χ2v) is 7.09. The van der Waals surface area contributed by atoms with Crippen LogP contribution in [0.15, 0.2) is 24.3 Å². The molecular formula is C13H16O5S2. The van der Waals surface area contributed by atoms with E-state index in [2.05, 4.69) is 0 Å². The number of carboxylic acid groups (broad SMARTS) is 2. The molecule has 2 N–H and O–H groups in total. The summed E-state index contributed by atoms with van der Waals surface area (Å²) in [5, 5.41) is 17.6. The Balaban J connectivity index is 2.93. The molecule has 0 spiro atoms. The summed E-state index contributed by atoms with van der Waals surface area (Å²) >= 11 is 2.40. The number of carboxylic acids is 2. The average Bonchev–Trinajstić information content (AvgIpc) is 2.43. The van der Waals surface area contributed by atoms with Gasteiger partial charge in [0.05, 0.1) is 22.7 Å². The van der Waals surface area contributed by atoms with E-state index < -0.39 is 16.0 Å². The van der Waals surface area contributed by atoms with E-state index in [1.165, 1.54) is 23.5 Å². The Morgan fingerprint density at radius 3 is 1.90 bits per heavy atom. The number of hydrogen-bond donors (Lipinski definition) is 2. The van der Waals surface area contributed by atoms with Crippen LogP contribution in [-0.2, 0) is 13.7 Å². The normalized spacial score (nSPS) is 11.1. The Bertz CT molecular complexity index is 454. The summed E-state index contributed by atoms with van der Waals surface area (Å²) in [7, 11) is 1.56. The molecule has 1 aromatic rings. The summed E-state index contributed by atoms with van der Waals surface area (Å²) in [5.41, 5.74) is 0.857. The number of thioether (sulfide) groups is 2. The molecule has 0 heterocycles. The largest absolute Gasteiger partial charge is 0.497 e. The zero-order chi connectivity index (χ0) is 15.2. The van der Waals surface area contributed by atoms with Gasteiger partial charge in [0.1, 0.15) is 5.75 Å². The van der Waals surface area contributed by atoms with Gasteiger partial charge in [0.2, 0.25) is 0 Å². The standard InChI is InChI=1S/C13H16O5S2/c1-13(19-7-11(14)15,20-8-12(16)17)9-3-5-10(18-2)6-4-9/h3-6H,7-8H2,1-2H3,(H,14,15)(H,16,17). The van der Waals surface area contributed by atoms with Gasteiger partial charge < -0.3 is 14.9 Å². The fourth-order valence-corrected chi connectivity index (χ4v) is 3.59. The molecule has 7 heteroatoms. The monoisotopic (exact) mass is 316 g/mol. The van der Waals surface area contributed by atoms with E-state index in [0.29, 0.717) is 5.75 Å². The molecule has 0 unspecified atom stereocenters. The van der Waals surface area contributed by atoms with Gasteiger partial charge in [-0.05, 0) is 24.6 Å². The third-order valence-electron chi connectivity index (χ3n) is 2.56. The van der Waals surface area contributed by atoms with Gasteiger partial charge in [-0.2, -0.15) is 0 Å². The number of ether oxygens (including phenoxy) is 1. The maximum atomic E-state index is 10.7. The minimum atomic E-state index is -0.925. The summed E-state index contributed by atoms with van der Waals surface area (Å²) in [6.07, 6.45) is 0. The van der Waals surface area contributed by atoms with Gasteiger partial charge in [0.15, 0.2) is 0 Å². The Hall–Kier alpha value is -1.34. The molecule has 0 aliphatic rings. The summed E-state index contributed by atoms with van der Waals surface area (Å²) in [5.74, 6) is -1.33. The molecule has 0 amide bonds. The number of carbonyl (C=O) groups is 2. The number of benzene rings is 1. The van der Waals surface area contributed by atoms with E-state index in [1.54, 1.807) is 19.2 Å². The van der Waals surface area contributed by atoms with E-state index in [9.17, 15) is 9.59 Å². The molecule has 1 rings (SSSR count). The van der Waals surface area contributed by atoms with Crippen molar-refractivity contribution in [3.05, 3.63) is 29.8 Å². The third kappa shape index (κ3) is 4.97. The smallest absolute Gasteiger partial charge is 0.313 e. The lowest BCUT2D eigenvalue weighted by Crippen LogP contribution is -2.18. The predicted molar refractivity (Wildman–Crippen MR) is 80.5 cm³/mol. The molecule has 20 heavy (non-hydrogen) atoms. The summed E-state index contributed by atoms with van der Waals surface area (Å²) in [6, 6.07) is 7.19. The van der Waals surface area contributed by atoms with Crippen molar-refractivity contribution in [3.8, 4) is 5.75 Å².